The summed E-state index contributed by atoms with van der Waals surface area (Å²) in [5, 5.41) is 7.16. The fraction of sp³-hybridized carbons (Fsp3) is 0.381. The van der Waals surface area contributed by atoms with Gasteiger partial charge in [0, 0.05) is 15.6 Å². The number of aryl methyl sites for hydroxylation is 1. The molecule has 5 rings (SSSR count). The lowest BCUT2D eigenvalue weighted by atomic mass is 9.72. The number of aromatic nitrogens is 3. The fourth-order valence-corrected chi connectivity index (χ4v) is 5.46. The van der Waals surface area contributed by atoms with E-state index in [0.29, 0.717) is 17.0 Å². The molecule has 5 heteroatoms. The molecule has 1 aromatic carbocycles. The van der Waals surface area contributed by atoms with E-state index in [2.05, 4.69) is 25.9 Å². The molecule has 0 aliphatic heterocycles. The maximum Gasteiger partial charge on any atom is 0.283 e. The summed E-state index contributed by atoms with van der Waals surface area (Å²) >= 11 is 1.70. The van der Waals surface area contributed by atoms with E-state index >= 15 is 0 Å². The van der Waals surface area contributed by atoms with Crippen LogP contribution in [0.5, 0.6) is 0 Å². The lowest BCUT2D eigenvalue weighted by Crippen LogP contribution is -2.26. The second-order valence-corrected chi connectivity index (χ2v) is 9.46. The molecule has 0 N–H and O–H groups in total. The quantitative estimate of drug-likeness (QED) is 0.429. The van der Waals surface area contributed by atoms with Crippen LogP contribution in [0.2, 0.25) is 0 Å². The predicted molar refractivity (Wildman–Crippen MR) is 107 cm³/mol. The normalized spacial score (nSPS) is 17.9. The monoisotopic (exact) mass is 363 g/mol. The second-order valence-electron chi connectivity index (χ2n) is 8.37. The van der Waals surface area contributed by atoms with Gasteiger partial charge in [0.15, 0.2) is 5.65 Å². The van der Waals surface area contributed by atoms with Gasteiger partial charge >= 0.3 is 0 Å². The molecule has 4 aromatic rings. The van der Waals surface area contributed by atoms with E-state index in [9.17, 15) is 4.79 Å². The first-order valence-corrected chi connectivity index (χ1v) is 9.96. The topological polar surface area (TPSA) is 47.3 Å². The molecular weight excluding hydrogens is 342 g/mol. The van der Waals surface area contributed by atoms with Gasteiger partial charge in [0.25, 0.3) is 5.56 Å². The Morgan fingerprint density at radius 1 is 1.23 bits per heavy atom. The zero-order valence-corrected chi connectivity index (χ0v) is 16.1. The standard InChI is InChI=1S/C21H21N3OS/c1-21(2,3)13-8-9-15-16(10-13)26-19-17(15)20(25)24-18(23-19)14-7-5-4-6-12(14)11-22-24/h4-7,11,13H,8-10H2,1-3H3/t13-/m1/s1. The molecule has 3 heterocycles. The summed E-state index contributed by atoms with van der Waals surface area (Å²) in [6.07, 6.45) is 4.91. The Labute approximate surface area is 155 Å². The SMILES string of the molecule is CC(C)(C)[C@@H]1CCc2c(sc3nc4c5ccccc5cnn4c(=O)c23)C1. The number of benzene rings is 1. The van der Waals surface area contributed by atoms with Gasteiger partial charge in [-0.15, -0.1) is 11.3 Å². The summed E-state index contributed by atoms with van der Waals surface area (Å²) in [5.41, 5.74) is 2.14. The van der Waals surface area contributed by atoms with E-state index in [-0.39, 0.29) is 5.56 Å². The van der Waals surface area contributed by atoms with Crippen LogP contribution in [0.15, 0.2) is 35.3 Å². The van der Waals surface area contributed by atoms with E-state index in [1.165, 1.54) is 15.0 Å². The molecule has 0 spiro atoms. The molecule has 1 aliphatic carbocycles. The highest BCUT2D eigenvalue weighted by Gasteiger charge is 2.32. The highest BCUT2D eigenvalue weighted by Crippen LogP contribution is 2.42. The van der Waals surface area contributed by atoms with Crippen molar-refractivity contribution in [2.45, 2.75) is 40.0 Å². The van der Waals surface area contributed by atoms with E-state index in [1.54, 1.807) is 17.5 Å². The van der Waals surface area contributed by atoms with Crippen LogP contribution >= 0.6 is 11.3 Å². The van der Waals surface area contributed by atoms with Crippen LogP contribution < -0.4 is 5.56 Å². The van der Waals surface area contributed by atoms with Crippen molar-refractivity contribution in [2.75, 3.05) is 0 Å². The van der Waals surface area contributed by atoms with Gasteiger partial charge in [-0.3, -0.25) is 4.79 Å². The molecule has 1 atom stereocenters. The highest BCUT2D eigenvalue weighted by atomic mass is 32.1. The predicted octanol–water partition coefficient (Wildman–Crippen LogP) is 4.61. The number of fused-ring (bicyclic) bond motifs is 6. The lowest BCUT2D eigenvalue weighted by Gasteiger charge is -2.33. The third-order valence-corrected chi connectivity index (χ3v) is 6.95. The molecule has 4 nitrogen and oxygen atoms in total. The summed E-state index contributed by atoms with van der Waals surface area (Å²) in [4.78, 5) is 20.3. The number of hydrogen-bond donors (Lipinski definition) is 0. The van der Waals surface area contributed by atoms with Crippen LogP contribution in [0.1, 0.15) is 37.6 Å². The summed E-state index contributed by atoms with van der Waals surface area (Å²) in [6.45, 7) is 6.94. The molecule has 1 aliphatic rings. The van der Waals surface area contributed by atoms with E-state index in [4.69, 9.17) is 4.98 Å². The molecule has 0 radical (unpaired) electrons. The van der Waals surface area contributed by atoms with Crippen LogP contribution in [0.25, 0.3) is 26.6 Å². The van der Waals surface area contributed by atoms with E-state index in [1.807, 2.05) is 24.3 Å². The minimum Gasteiger partial charge on any atom is -0.267 e. The van der Waals surface area contributed by atoms with Crippen LogP contribution in [-0.4, -0.2) is 14.6 Å². The number of nitrogens with zero attached hydrogens (tertiary/aromatic N) is 3. The Kier molecular flexibility index (Phi) is 3.29. The van der Waals surface area contributed by atoms with Crippen molar-refractivity contribution < 1.29 is 0 Å². The largest absolute Gasteiger partial charge is 0.283 e. The van der Waals surface area contributed by atoms with Gasteiger partial charge < -0.3 is 0 Å². The average Bonchev–Trinajstić information content (AvgIpc) is 2.98. The number of thiophene rings is 1. The van der Waals surface area contributed by atoms with Gasteiger partial charge in [-0.1, -0.05) is 45.0 Å². The van der Waals surface area contributed by atoms with Crippen LogP contribution in [0.4, 0.5) is 0 Å². The van der Waals surface area contributed by atoms with Crippen molar-refractivity contribution >= 4 is 38.0 Å². The van der Waals surface area contributed by atoms with E-state index in [0.717, 1.165) is 40.3 Å². The zero-order valence-electron chi connectivity index (χ0n) is 15.2. The Bertz CT molecular complexity index is 1230. The molecule has 132 valence electrons. The van der Waals surface area contributed by atoms with Crippen molar-refractivity contribution in [2.24, 2.45) is 11.3 Å². The molecule has 0 saturated heterocycles. The lowest BCUT2D eigenvalue weighted by molar-refractivity contribution is 0.218. The van der Waals surface area contributed by atoms with Gasteiger partial charge in [0.2, 0.25) is 0 Å². The molecule has 0 saturated carbocycles. The van der Waals surface area contributed by atoms with Crippen molar-refractivity contribution in [1.82, 2.24) is 14.6 Å². The maximum atomic E-state index is 13.2. The van der Waals surface area contributed by atoms with Crippen LogP contribution in [0.3, 0.4) is 0 Å². The molecular formula is C21H21N3OS. The molecule has 26 heavy (non-hydrogen) atoms. The molecule has 3 aromatic heterocycles. The molecule has 0 unspecified atom stereocenters. The summed E-state index contributed by atoms with van der Waals surface area (Å²) < 4.78 is 1.48. The number of hydrogen-bond acceptors (Lipinski definition) is 4. The molecule has 0 amide bonds. The Morgan fingerprint density at radius 3 is 2.85 bits per heavy atom. The van der Waals surface area contributed by atoms with Gasteiger partial charge in [0.1, 0.15) is 4.83 Å². The first-order chi connectivity index (χ1) is 12.4. The first-order valence-electron chi connectivity index (χ1n) is 9.14. The van der Waals surface area contributed by atoms with Crippen LogP contribution in [-0.2, 0) is 12.8 Å². The van der Waals surface area contributed by atoms with E-state index < -0.39 is 0 Å². The van der Waals surface area contributed by atoms with Gasteiger partial charge in [-0.05, 0) is 36.2 Å². The van der Waals surface area contributed by atoms with Crippen molar-refractivity contribution in [3.8, 4) is 0 Å². The highest BCUT2D eigenvalue weighted by molar-refractivity contribution is 7.18. The minimum absolute atomic E-state index is 0.0255. The van der Waals surface area contributed by atoms with Gasteiger partial charge in [-0.2, -0.15) is 9.61 Å². The number of rotatable bonds is 0. The Morgan fingerprint density at radius 2 is 2.04 bits per heavy atom. The Hall–Kier alpha value is -2.27. The summed E-state index contributed by atoms with van der Waals surface area (Å²) in [6, 6.07) is 7.97. The zero-order chi connectivity index (χ0) is 18.1. The van der Waals surface area contributed by atoms with Crippen molar-refractivity contribution in [1.29, 1.82) is 0 Å². The van der Waals surface area contributed by atoms with Gasteiger partial charge in [0.05, 0.1) is 11.6 Å². The Balaban J connectivity index is 1.80. The summed E-state index contributed by atoms with van der Waals surface area (Å²) in [5.74, 6) is 0.652. The van der Waals surface area contributed by atoms with Crippen LogP contribution in [0, 0.1) is 11.3 Å². The fourth-order valence-electron chi connectivity index (χ4n) is 4.17. The smallest absolute Gasteiger partial charge is 0.267 e. The minimum atomic E-state index is -0.0255. The third-order valence-electron chi connectivity index (χ3n) is 5.80. The summed E-state index contributed by atoms with van der Waals surface area (Å²) in [7, 11) is 0. The third kappa shape index (κ3) is 2.23. The average molecular weight is 363 g/mol. The maximum absolute atomic E-state index is 13.2. The molecule has 0 bridgehead atoms. The first kappa shape index (κ1) is 15.9. The molecule has 0 fully saturated rings. The van der Waals surface area contributed by atoms with Crippen molar-refractivity contribution in [3.05, 3.63) is 51.3 Å². The van der Waals surface area contributed by atoms with Crippen molar-refractivity contribution in [3.63, 3.8) is 0 Å². The van der Waals surface area contributed by atoms with Gasteiger partial charge in [-0.25, -0.2) is 4.98 Å². The second kappa shape index (κ2) is 5.36.